The second-order valence-electron chi connectivity index (χ2n) is 6.21. The molecule has 0 saturated carbocycles. The normalized spacial score (nSPS) is 10.7. The van der Waals surface area contributed by atoms with Gasteiger partial charge in [0.2, 0.25) is 0 Å². The molecule has 1 amide bonds. The Balaban J connectivity index is 1.56. The number of benzene rings is 2. The number of amides is 1. The molecule has 5 heteroatoms. The Morgan fingerprint density at radius 1 is 0.926 bits per heavy atom. The first-order valence-electron chi connectivity index (χ1n) is 8.60. The van der Waals surface area contributed by atoms with E-state index in [1.807, 2.05) is 54.6 Å². The van der Waals surface area contributed by atoms with Gasteiger partial charge in [-0.05, 0) is 52.2 Å². The highest BCUT2D eigenvalue weighted by Gasteiger charge is 2.11. The van der Waals surface area contributed by atoms with Gasteiger partial charge in [0.15, 0.2) is 0 Å². The zero-order valence-corrected chi connectivity index (χ0v) is 14.5. The maximum absolute atomic E-state index is 12.4. The lowest BCUT2D eigenvalue weighted by Crippen LogP contribution is -2.29. The Morgan fingerprint density at radius 2 is 1.70 bits per heavy atom. The molecule has 2 N–H and O–H groups in total. The van der Waals surface area contributed by atoms with E-state index in [4.69, 9.17) is 0 Å². The topological polar surface area (TPSA) is 74.8 Å². The lowest BCUT2D eigenvalue weighted by molar-refractivity contribution is 0.0949. The maximum atomic E-state index is 12.4. The number of H-pyrrole nitrogens is 1. The largest absolute Gasteiger partial charge is 0.348 e. The van der Waals surface area contributed by atoms with Crippen LogP contribution in [0.4, 0.5) is 0 Å². The summed E-state index contributed by atoms with van der Waals surface area (Å²) in [6.45, 7) is 0.340. The van der Waals surface area contributed by atoms with E-state index in [-0.39, 0.29) is 5.56 Å². The number of nitrogens with one attached hydrogen (secondary N) is 2. The van der Waals surface area contributed by atoms with Gasteiger partial charge in [-0.1, -0.05) is 36.4 Å². The molecule has 0 spiro atoms. The number of rotatable bonds is 4. The van der Waals surface area contributed by atoms with Gasteiger partial charge >= 0.3 is 0 Å². The molecule has 27 heavy (non-hydrogen) atoms. The summed E-state index contributed by atoms with van der Waals surface area (Å²) in [5.74, 6) is -0.405. The summed E-state index contributed by atoms with van der Waals surface area (Å²) in [4.78, 5) is 31.5. The fourth-order valence-corrected chi connectivity index (χ4v) is 2.96. The summed E-state index contributed by atoms with van der Waals surface area (Å²) in [6, 6.07) is 21.0. The molecule has 0 aliphatic rings. The van der Waals surface area contributed by atoms with Crippen LogP contribution in [0.1, 0.15) is 15.9 Å². The molecule has 5 nitrogen and oxygen atoms in total. The first kappa shape index (κ1) is 16.7. The molecule has 0 atom stereocenters. The van der Waals surface area contributed by atoms with Crippen LogP contribution in [0.15, 0.2) is 83.9 Å². The molecule has 4 aromatic rings. The van der Waals surface area contributed by atoms with Crippen molar-refractivity contribution in [3.8, 4) is 11.3 Å². The number of aromatic nitrogens is 2. The lowest BCUT2D eigenvalue weighted by atomic mass is 10.0. The van der Waals surface area contributed by atoms with Crippen molar-refractivity contribution < 1.29 is 4.79 Å². The first-order chi connectivity index (χ1) is 13.2. The van der Waals surface area contributed by atoms with E-state index in [9.17, 15) is 9.59 Å². The number of carbonyl (C=O) groups excluding carboxylic acids is 1. The van der Waals surface area contributed by atoms with Crippen LogP contribution >= 0.6 is 0 Å². The Labute approximate surface area is 155 Å². The number of hydrogen-bond acceptors (Lipinski definition) is 3. The molecule has 2 aromatic heterocycles. The number of hydrogen-bond donors (Lipinski definition) is 2. The molecule has 0 aliphatic heterocycles. The third kappa shape index (κ3) is 3.62. The second-order valence-corrected chi connectivity index (χ2v) is 6.21. The fourth-order valence-electron chi connectivity index (χ4n) is 2.96. The summed E-state index contributed by atoms with van der Waals surface area (Å²) < 4.78 is 0. The molecule has 0 radical (unpaired) electrons. The van der Waals surface area contributed by atoms with Gasteiger partial charge in [-0.2, -0.15) is 0 Å². The van der Waals surface area contributed by atoms with Crippen LogP contribution in [0.5, 0.6) is 0 Å². The highest BCUT2D eigenvalue weighted by atomic mass is 16.2. The van der Waals surface area contributed by atoms with Crippen LogP contribution < -0.4 is 10.9 Å². The van der Waals surface area contributed by atoms with Crippen LogP contribution in [0, 0.1) is 0 Å². The minimum Gasteiger partial charge on any atom is -0.348 e. The van der Waals surface area contributed by atoms with Gasteiger partial charge in [-0.3, -0.25) is 14.6 Å². The van der Waals surface area contributed by atoms with Gasteiger partial charge in [0.25, 0.3) is 11.5 Å². The quantitative estimate of drug-likeness (QED) is 0.588. The van der Waals surface area contributed by atoms with E-state index in [0.29, 0.717) is 12.2 Å². The zero-order chi connectivity index (χ0) is 18.6. The van der Waals surface area contributed by atoms with Crippen molar-refractivity contribution in [1.29, 1.82) is 0 Å². The van der Waals surface area contributed by atoms with E-state index in [1.165, 1.54) is 0 Å². The number of aromatic amines is 1. The maximum Gasteiger partial charge on any atom is 0.261 e. The molecular weight excluding hydrogens is 338 g/mol. The number of pyridine rings is 2. The van der Waals surface area contributed by atoms with Gasteiger partial charge in [-0.25, -0.2) is 0 Å². The van der Waals surface area contributed by atoms with Crippen molar-refractivity contribution in [3.63, 3.8) is 0 Å². The van der Waals surface area contributed by atoms with Crippen molar-refractivity contribution in [2.45, 2.75) is 6.54 Å². The van der Waals surface area contributed by atoms with Gasteiger partial charge in [0.1, 0.15) is 5.56 Å². The minimum atomic E-state index is -0.409. The van der Waals surface area contributed by atoms with Crippen LogP contribution in [0.3, 0.4) is 0 Å². The van der Waals surface area contributed by atoms with Crippen molar-refractivity contribution >= 4 is 16.7 Å². The molecule has 2 heterocycles. The lowest BCUT2D eigenvalue weighted by Gasteiger charge is -2.07. The molecule has 2 aromatic carbocycles. The number of fused-ring (bicyclic) bond motifs is 1. The molecule has 4 rings (SSSR count). The van der Waals surface area contributed by atoms with Crippen LogP contribution in [0.2, 0.25) is 0 Å². The van der Waals surface area contributed by atoms with Crippen molar-refractivity contribution in [2.24, 2.45) is 0 Å². The Bertz CT molecular complexity index is 1170. The second kappa shape index (κ2) is 7.25. The van der Waals surface area contributed by atoms with Crippen LogP contribution in [-0.4, -0.2) is 15.9 Å². The molecule has 132 valence electrons. The SMILES string of the molecule is O=C(NCc1ccncc1)c1ccc(-c2ccc3ccccc3c2)[nH]c1=O. The monoisotopic (exact) mass is 355 g/mol. The van der Waals surface area contributed by atoms with Crippen molar-refractivity contribution in [1.82, 2.24) is 15.3 Å². The highest BCUT2D eigenvalue weighted by molar-refractivity contribution is 5.94. The Kier molecular flexibility index (Phi) is 4.49. The summed E-state index contributed by atoms with van der Waals surface area (Å²) in [5.41, 5.74) is 2.18. The summed E-state index contributed by atoms with van der Waals surface area (Å²) in [7, 11) is 0. The average Bonchev–Trinajstić information content (AvgIpc) is 2.72. The molecule has 0 aliphatic carbocycles. The Hall–Kier alpha value is -3.73. The molecule has 0 unspecified atom stereocenters. The molecular formula is C22H17N3O2. The van der Waals surface area contributed by atoms with Crippen molar-refractivity contribution in [2.75, 3.05) is 0 Å². The van der Waals surface area contributed by atoms with E-state index in [1.54, 1.807) is 24.5 Å². The predicted octanol–water partition coefficient (Wildman–Crippen LogP) is 3.52. The van der Waals surface area contributed by atoms with Crippen molar-refractivity contribution in [3.05, 3.63) is 101 Å². The predicted molar refractivity (Wildman–Crippen MR) is 105 cm³/mol. The first-order valence-corrected chi connectivity index (χ1v) is 8.60. The summed E-state index contributed by atoms with van der Waals surface area (Å²) in [6.07, 6.45) is 3.32. The smallest absolute Gasteiger partial charge is 0.261 e. The molecule has 0 saturated heterocycles. The number of nitrogens with zero attached hydrogens (tertiary/aromatic N) is 1. The van der Waals surface area contributed by atoms with E-state index in [0.717, 1.165) is 21.9 Å². The summed E-state index contributed by atoms with van der Waals surface area (Å²) in [5, 5.41) is 4.98. The van der Waals surface area contributed by atoms with Gasteiger partial charge < -0.3 is 10.3 Å². The fraction of sp³-hybridized carbons (Fsp3) is 0.0455. The van der Waals surface area contributed by atoms with Gasteiger partial charge in [-0.15, -0.1) is 0 Å². The van der Waals surface area contributed by atoms with E-state index >= 15 is 0 Å². The average molecular weight is 355 g/mol. The van der Waals surface area contributed by atoms with E-state index in [2.05, 4.69) is 15.3 Å². The zero-order valence-electron chi connectivity index (χ0n) is 14.5. The molecule has 0 fully saturated rings. The standard InChI is InChI=1S/C22H17N3O2/c26-21(24-14-15-9-11-23-12-10-15)19-7-8-20(25-22(19)27)18-6-5-16-3-1-2-4-17(16)13-18/h1-13H,14H2,(H,24,26)(H,25,27). The summed E-state index contributed by atoms with van der Waals surface area (Å²) >= 11 is 0. The highest BCUT2D eigenvalue weighted by Crippen LogP contribution is 2.22. The van der Waals surface area contributed by atoms with E-state index < -0.39 is 11.5 Å². The molecule has 0 bridgehead atoms. The minimum absolute atomic E-state index is 0.0913. The van der Waals surface area contributed by atoms with Gasteiger partial charge in [0, 0.05) is 24.6 Å². The third-order valence-electron chi connectivity index (χ3n) is 4.42. The van der Waals surface area contributed by atoms with Crippen LogP contribution in [-0.2, 0) is 6.54 Å². The number of carbonyl (C=O) groups is 1. The van der Waals surface area contributed by atoms with Gasteiger partial charge in [0.05, 0.1) is 0 Å². The Morgan fingerprint density at radius 3 is 2.48 bits per heavy atom. The third-order valence-corrected chi connectivity index (χ3v) is 4.42. The van der Waals surface area contributed by atoms with Crippen LogP contribution in [0.25, 0.3) is 22.0 Å².